The summed E-state index contributed by atoms with van der Waals surface area (Å²) in [6.07, 6.45) is 1.90. The Morgan fingerprint density at radius 3 is 2.72 bits per heavy atom. The van der Waals surface area contributed by atoms with Crippen molar-refractivity contribution in [2.75, 3.05) is 27.3 Å². The Hall–Kier alpha value is -2.97. The van der Waals surface area contributed by atoms with Crippen molar-refractivity contribution in [3.05, 3.63) is 52.3 Å². The van der Waals surface area contributed by atoms with E-state index >= 15 is 0 Å². The molecule has 0 spiro atoms. The molecule has 4 heterocycles. The van der Waals surface area contributed by atoms with Gasteiger partial charge in [-0.05, 0) is 42.8 Å². The number of rotatable bonds is 5. The maximum Gasteiger partial charge on any atom is 0.264 e. The van der Waals surface area contributed by atoms with Gasteiger partial charge in [0.25, 0.3) is 5.91 Å². The number of benzene rings is 1. The molecule has 1 aliphatic heterocycles. The predicted octanol–water partition coefficient (Wildman–Crippen LogP) is 4.66. The van der Waals surface area contributed by atoms with Crippen LogP contribution in [0.25, 0.3) is 21.1 Å². The van der Waals surface area contributed by atoms with Gasteiger partial charge in [-0.1, -0.05) is 18.2 Å². The van der Waals surface area contributed by atoms with E-state index in [1.54, 1.807) is 14.2 Å². The van der Waals surface area contributed by atoms with Crippen LogP contribution in [0.5, 0.6) is 5.88 Å². The zero-order valence-corrected chi connectivity index (χ0v) is 19.3. The van der Waals surface area contributed by atoms with Crippen LogP contribution in [-0.2, 0) is 11.3 Å². The molecule has 0 aliphatic carbocycles. The van der Waals surface area contributed by atoms with Crippen molar-refractivity contribution in [3.63, 3.8) is 0 Å². The maximum absolute atomic E-state index is 13.4. The maximum atomic E-state index is 13.4. The SMILES string of the molecule is COCc1nc(OC)c2c(C)c(C(=O)N3CCC(c4cc5ccccc5[nH]4)CC3)sc2n1. The number of carbonyl (C=O) groups is 1. The number of hydrogen-bond acceptors (Lipinski definition) is 6. The highest BCUT2D eigenvalue weighted by atomic mass is 32.1. The number of carbonyl (C=O) groups excluding carboxylic acids is 1. The number of nitrogens with zero attached hydrogens (tertiary/aromatic N) is 3. The number of fused-ring (bicyclic) bond motifs is 2. The third-order valence-electron chi connectivity index (χ3n) is 6.24. The molecule has 0 saturated carbocycles. The monoisotopic (exact) mass is 450 g/mol. The van der Waals surface area contributed by atoms with Crippen LogP contribution >= 0.6 is 11.3 Å². The van der Waals surface area contributed by atoms with Crippen molar-refractivity contribution in [2.24, 2.45) is 0 Å². The van der Waals surface area contributed by atoms with Gasteiger partial charge in [-0.15, -0.1) is 11.3 Å². The quantitative estimate of drug-likeness (QED) is 0.478. The van der Waals surface area contributed by atoms with Crippen molar-refractivity contribution >= 4 is 38.4 Å². The third-order valence-corrected chi connectivity index (χ3v) is 7.41. The van der Waals surface area contributed by atoms with Crippen LogP contribution < -0.4 is 4.74 Å². The molecule has 0 radical (unpaired) electrons. The van der Waals surface area contributed by atoms with Crippen molar-refractivity contribution in [2.45, 2.75) is 32.3 Å². The molecule has 1 N–H and O–H groups in total. The van der Waals surface area contributed by atoms with Crippen LogP contribution in [0.1, 0.15) is 45.5 Å². The zero-order chi connectivity index (χ0) is 22.2. The molecule has 32 heavy (non-hydrogen) atoms. The van der Waals surface area contributed by atoms with E-state index in [9.17, 15) is 4.79 Å². The van der Waals surface area contributed by atoms with Crippen LogP contribution in [-0.4, -0.2) is 53.1 Å². The van der Waals surface area contributed by atoms with Gasteiger partial charge >= 0.3 is 0 Å². The van der Waals surface area contributed by atoms with Crippen molar-refractivity contribution in [1.82, 2.24) is 19.9 Å². The summed E-state index contributed by atoms with van der Waals surface area (Å²) >= 11 is 1.41. The molecule has 0 unspecified atom stereocenters. The second kappa shape index (κ2) is 8.52. The first-order valence-corrected chi connectivity index (χ1v) is 11.6. The number of piperidine rings is 1. The fourth-order valence-corrected chi connectivity index (χ4v) is 5.70. The standard InChI is InChI=1S/C24H26N4O3S/c1-14-20-22(31-3)26-19(13-30-2)27-23(20)32-21(14)24(29)28-10-8-15(9-11-28)18-12-16-6-4-5-7-17(16)25-18/h4-7,12,15,25H,8-11,13H2,1-3H3. The van der Waals surface area contributed by atoms with E-state index in [4.69, 9.17) is 9.47 Å². The number of methoxy groups -OCH3 is 2. The number of hydrogen-bond donors (Lipinski definition) is 1. The van der Waals surface area contributed by atoms with Crippen LogP contribution in [0, 0.1) is 6.92 Å². The molecule has 1 saturated heterocycles. The highest BCUT2D eigenvalue weighted by molar-refractivity contribution is 7.20. The number of likely N-dealkylation sites (tertiary alicyclic amines) is 1. The molecule has 3 aromatic heterocycles. The Morgan fingerprint density at radius 2 is 2.00 bits per heavy atom. The number of aromatic nitrogens is 3. The molecule has 4 aromatic rings. The van der Waals surface area contributed by atoms with Crippen molar-refractivity contribution < 1.29 is 14.3 Å². The van der Waals surface area contributed by atoms with E-state index in [-0.39, 0.29) is 5.91 Å². The van der Waals surface area contributed by atoms with E-state index in [0.717, 1.165) is 41.7 Å². The second-order valence-corrected chi connectivity index (χ2v) is 9.20. The predicted molar refractivity (Wildman–Crippen MR) is 126 cm³/mol. The molecule has 166 valence electrons. The fraction of sp³-hybridized carbons (Fsp3) is 0.375. The van der Waals surface area contributed by atoms with E-state index in [1.807, 2.05) is 11.8 Å². The first-order valence-electron chi connectivity index (χ1n) is 10.8. The molecule has 1 amide bonds. The van der Waals surface area contributed by atoms with E-state index in [2.05, 4.69) is 45.3 Å². The lowest BCUT2D eigenvalue weighted by Crippen LogP contribution is -2.37. The minimum atomic E-state index is 0.0657. The molecule has 1 aromatic carbocycles. The molecule has 0 atom stereocenters. The van der Waals surface area contributed by atoms with Gasteiger partial charge in [0.2, 0.25) is 5.88 Å². The molecule has 0 bridgehead atoms. The minimum Gasteiger partial charge on any atom is -0.480 e. The van der Waals surface area contributed by atoms with Gasteiger partial charge in [0.1, 0.15) is 11.4 Å². The molecule has 5 rings (SSSR count). The van der Waals surface area contributed by atoms with Gasteiger partial charge in [-0.25, -0.2) is 4.98 Å². The van der Waals surface area contributed by atoms with Crippen molar-refractivity contribution in [3.8, 4) is 5.88 Å². The topological polar surface area (TPSA) is 80.3 Å². The Kier molecular flexibility index (Phi) is 5.57. The Labute approximate surface area is 190 Å². The first-order chi connectivity index (χ1) is 15.6. The second-order valence-electron chi connectivity index (χ2n) is 8.20. The highest BCUT2D eigenvalue weighted by Crippen LogP contribution is 2.37. The fourth-order valence-electron chi connectivity index (χ4n) is 4.54. The molecule has 8 heteroatoms. The van der Waals surface area contributed by atoms with Gasteiger partial charge in [0, 0.05) is 37.3 Å². The summed E-state index contributed by atoms with van der Waals surface area (Å²) in [5, 5.41) is 2.05. The van der Waals surface area contributed by atoms with Crippen LogP contribution in [0.4, 0.5) is 0 Å². The smallest absolute Gasteiger partial charge is 0.264 e. The Bertz CT molecular complexity index is 1250. The Morgan fingerprint density at radius 1 is 1.22 bits per heavy atom. The van der Waals surface area contributed by atoms with E-state index in [1.165, 1.54) is 27.9 Å². The molecular formula is C24H26N4O3S. The average Bonchev–Trinajstić information content (AvgIpc) is 3.40. The molecule has 7 nitrogen and oxygen atoms in total. The van der Waals surface area contributed by atoms with E-state index < -0.39 is 0 Å². The van der Waals surface area contributed by atoms with Gasteiger partial charge in [-0.3, -0.25) is 4.79 Å². The number of aryl methyl sites for hydroxylation is 1. The van der Waals surface area contributed by atoms with Gasteiger partial charge in [0.05, 0.1) is 17.4 Å². The summed E-state index contributed by atoms with van der Waals surface area (Å²) in [4.78, 5) is 29.4. The number of amides is 1. The largest absolute Gasteiger partial charge is 0.480 e. The Balaban J connectivity index is 1.36. The average molecular weight is 451 g/mol. The summed E-state index contributed by atoms with van der Waals surface area (Å²) in [7, 11) is 3.19. The lowest BCUT2D eigenvalue weighted by atomic mass is 9.93. The first kappa shape index (κ1) is 20.9. The van der Waals surface area contributed by atoms with Gasteiger partial charge in [-0.2, -0.15) is 4.98 Å². The number of ether oxygens (including phenoxy) is 2. The lowest BCUT2D eigenvalue weighted by molar-refractivity contribution is 0.0716. The molecular weight excluding hydrogens is 424 g/mol. The van der Waals surface area contributed by atoms with Gasteiger partial charge in [0.15, 0.2) is 5.82 Å². The number of para-hydroxylation sites is 1. The number of thiophene rings is 1. The number of H-pyrrole nitrogens is 1. The number of aromatic amines is 1. The molecule has 1 aliphatic rings. The van der Waals surface area contributed by atoms with Crippen LogP contribution in [0.2, 0.25) is 0 Å². The van der Waals surface area contributed by atoms with Crippen LogP contribution in [0.15, 0.2) is 30.3 Å². The van der Waals surface area contributed by atoms with Gasteiger partial charge < -0.3 is 19.4 Å². The summed E-state index contributed by atoms with van der Waals surface area (Å²) in [6.45, 7) is 3.73. The summed E-state index contributed by atoms with van der Waals surface area (Å²) < 4.78 is 10.7. The summed E-state index contributed by atoms with van der Waals surface area (Å²) in [5.74, 6) is 1.55. The van der Waals surface area contributed by atoms with Crippen LogP contribution in [0.3, 0.4) is 0 Å². The highest BCUT2D eigenvalue weighted by Gasteiger charge is 2.29. The van der Waals surface area contributed by atoms with Crippen molar-refractivity contribution in [1.29, 1.82) is 0 Å². The number of nitrogens with one attached hydrogen (secondary N) is 1. The third kappa shape index (κ3) is 3.63. The summed E-state index contributed by atoms with van der Waals surface area (Å²) in [5.41, 5.74) is 3.32. The summed E-state index contributed by atoms with van der Waals surface area (Å²) in [6, 6.07) is 10.6. The molecule has 1 fully saturated rings. The zero-order valence-electron chi connectivity index (χ0n) is 18.5. The normalized spacial score (nSPS) is 15.0. The lowest BCUT2D eigenvalue weighted by Gasteiger charge is -2.31. The minimum absolute atomic E-state index is 0.0657. The van der Waals surface area contributed by atoms with E-state index in [0.29, 0.717) is 29.1 Å².